The lowest BCUT2D eigenvalue weighted by Gasteiger charge is -2.26. The van der Waals surface area contributed by atoms with Gasteiger partial charge in [-0.05, 0) is 38.5 Å². The molecule has 0 spiro atoms. The molecule has 0 radical (unpaired) electrons. The summed E-state index contributed by atoms with van der Waals surface area (Å²) in [5.41, 5.74) is 0.175. The van der Waals surface area contributed by atoms with E-state index in [0.29, 0.717) is 13.0 Å². The van der Waals surface area contributed by atoms with Crippen molar-refractivity contribution in [1.29, 1.82) is 0 Å². The highest BCUT2D eigenvalue weighted by Gasteiger charge is 2.17. The number of carbonyl (C=O) groups excluding carboxylic acids is 2. The summed E-state index contributed by atoms with van der Waals surface area (Å²) in [6, 6.07) is 5.27. The first-order valence-electron chi connectivity index (χ1n) is 6.89. The third-order valence-electron chi connectivity index (χ3n) is 2.99. The molecule has 2 N–H and O–H groups in total. The fraction of sp³-hybridized carbons (Fsp3) is 0.467. The van der Waals surface area contributed by atoms with Crippen LogP contribution in [0.4, 0.5) is 4.39 Å². The summed E-state index contributed by atoms with van der Waals surface area (Å²) in [7, 11) is 0. The zero-order valence-corrected chi connectivity index (χ0v) is 12.3. The Morgan fingerprint density at radius 1 is 1.38 bits per heavy atom. The predicted molar refractivity (Wildman–Crippen MR) is 77.3 cm³/mol. The van der Waals surface area contributed by atoms with Gasteiger partial charge in [0.2, 0.25) is 5.91 Å². The van der Waals surface area contributed by atoms with E-state index in [1.807, 2.05) is 13.8 Å². The molecule has 1 aromatic rings. The number of carbonyl (C=O) groups is 2. The average molecular weight is 296 g/mol. The summed E-state index contributed by atoms with van der Waals surface area (Å²) >= 11 is 0. The molecule has 0 saturated heterocycles. The normalized spacial score (nSPS) is 10.5. The van der Waals surface area contributed by atoms with Crippen LogP contribution in [-0.2, 0) is 4.79 Å². The van der Waals surface area contributed by atoms with Gasteiger partial charge in [0, 0.05) is 24.8 Å². The maximum atomic E-state index is 13.0. The largest absolute Gasteiger partial charge is 0.396 e. The van der Waals surface area contributed by atoms with Gasteiger partial charge in [0.15, 0.2) is 0 Å². The standard InChI is InChI=1S/C15H21FN2O3/c1-11(2)18(7-4-8-19)14(20)10-17-15(21)12-5-3-6-13(16)9-12/h3,5-6,9,11,19H,4,7-8,10H2,1-2H3,(H,17,21). The van der Waals surface area contributed by atoms with Gasteiger partial charge < -0.3 is 15.3 Å². The van der Waals surface area contributed by atoms with Crippen LogP contribution in [-0.4, -0.2) is 47.6 Å². The first-order valence-corrected chi connectivity index (χ1v) is 6.89. The Labute approximate surface area is 123 Å². The van der Waals surface area contributed by atoms with Crippen LogP contribution < -0.4 is 5.32 Å². The van der Waals surface area contributed by atoms with Gasteiger partial charge in [0.05, 0.1) is 6.54 Å². The van der Waals surface area contributed by atoms with Crippen molar-refractivity contribution in [2.75, 3.05) is 19.7 Å². The Kier molecular flexibility index (Phi) is 6.81. The molecular weight excluding hydrogens is 275 g/mol. The number of amides is 2. The van der Waals surface area contributed by atoms with Crippen molar-refractivity contribution >= 4 is 11.8 Å². The van der Waals surface area contributed by atoms with E-state index < -0.39 is 11.7 Å². The van der Waals surface area contributed by atoms with Crippen molar-refractivity contribution in [2.24, 2.45) is 0 Å². The first kappa shape index (κ1) is 17.1. The first-order chi connectivity index (χ1) is 9.95. The molecule has 1 rings (SSSR count). The molecule has 0 aliphatic rings. The molecule has 0 aliphatic carbocycles. The lowest BCUT2D eigenvalue weighted by molar-refractivity contribution is -0.131. The van der Waals surface area contributed by atoms with Gasteiger partial charge in [0.25, 0.3) is 5.91 Å². The second-order valence-corrected chi connectivity index (χ2v) is 4.95. The van der Waals surface area contributed by atoms with Crippen LogP contribution in [0, 0.1) is 5.82 Å². The molecule has 0 heterocycles. The van der Waals surface area contributed by atoms with Gasteiger partial charge >= 0.3 is 0 Å². The van der Waals surface area contributed by atoms with Crippen LogP contribution in [0.2, 0.25) is 0 Å². The molecule has 0 unspecified atom stereocenters. The molecule has 0 bridgehead atoms. The summed E-state index contributed by atoms with van der Waals surface area (Å²) < 4.78 is 13.0. The molecule has 6 heteroatoms. The van der Waals surface area contributed by atoms with Gasteiger partial charge in [0.1, 0.15) is 5.82 Å². The van der Waals surface area contributed by atoms with E-state index >= 15 is 0 Å². The average Bonchev–Trinajstić information content (AvgIpc) is 2.44. The molecule has 116 valence electrons. The highest BCUT2D eigenvalue weighted by atomic mass is 19.1. The van der Waals surface area contributed by atoms with Crippen molar-refractivity contribution in [2.45, 2.75) is 26.3 Å². The third kappa shape index (κ3) is 5.51. The molecule has 0 aromatic heterocycles. The minimum Gasteiger partial charge on any atom is -0.396 e. The summed E-state index contributed by atoms with van der Waals surface area (Å²) in [4.78, 5) is 25.5. The summed E-state index contributed by atoms with van der Waals surface area (Å²) in [6.45, 7) is 4.02. The van der Waals surface area contributed by atoms with Gasteiger partial charge in [-0.2, -0.15) is 0 Å². The second-order valence-electron chi connectivity index (χ2n) is 4.95. The maximum Gasteiger partial charge on any atom is 0.251 e. The monoisotopic (exact) mass is 296 g/mol. The summed E-state index contributed by atoms with van der Waals surface area (Å²) in [5.74, 6) is -1.22. The highest BCUT2D eigenvalue weighted by molar-refractivity contribution is 5.96. The Bertz CT molecular complexity index is 492. The van der Waals surface area contributed by atoms with Crippen LogP contribution in [0.1, 0.15) is 30.6 Å². The lowest BCUT2D eigenvalue weighted by atomic mass is 10.2. The van der Waals surface area contributed by atoms with E-state index in [2.05, 4.69) is 5.32 Å². The van der Waals surface area contributed by atoms with Crippen molar-refractivity contribution in [3.63, 3.8) is 0 Å². The number of aliphatic hydroxyl groups is 1. The van der Waals surface area contributed by atoms with E-state index in [-0.39, 0.29) is 30.7 Å². The zero-order chi connectivity index (χ0) is 15.8. The molecular formula is C15H21FN2O3. The molecule has 0 atom stereocenters. The number of benzene rings is 1. The molecule has 2 amide bonds. The third-order valence-corrected chi connectivity index (χ3v) is 2.99. The Hall–Kier alpha value is -1.95. The SMILES string of the molecule is CC(C)N(CCCO)C(=O)CNC(=O)c1cccc(F)c1. The molecule has 1 aromatic carbocycles. The van der Waals surface area contributed by atoms with E-state index in [0.717, 1.165) is 6.07 Å². The quantitative estimate of drug-likeness (QED) is 0.793. The predicted octanol–water partition coefficient (Wildman–Crippen LogP) is 1.17. The highest BCUT2D eigenvalue weighted by Crippen LogP contribution is 2.04. The van der Waals surface area contributed by atoms with Crippen LogP contribution in [0.5, 0.6) is 0 Å². The second kappa shape index (κ2) is 8.36. The number of nitrogens with zero attached hydrogens (tertiary/aromatic N) is 1. The number of aliphatic hydroxyl groups excluding tert-OH is 1. The fourth-order valence-corrected chi connectivity index (χ4v) is 1.90. The summed E-state index contributed by atoms with van der Waals surface area (Å²) in [5, 5.41) is 11.3. The lowest BCUT2D eigenvalue weighted by Crippen LogP contribution is -2.44. The fourth-order valence-electron chi connectivity index (χ4n) is 1.90. The van der Waals surface area contributed by atoms with Crippen molar-refractivity contribution in [1.82, 2.24) is 10.2 Å². The summed E-state index contributed by atoms with van der Waals surface area (Å²) in [6.07, 6.45) is 0.488. The maximum absolute atomic E-state index is 13.0. The van der Waals surface area contributed by atoms with Gasteiger partial charge in [-0.15, -0.1) is 0 Å². The number of halogens is 1. The van der Waals surface area contributed by atoms with E-state index in [4.69, 9.17) is 5.11 Å². The zero-order valence-electron chi connectivity index (χ0n) is 12.3. The molecule has 0 aliphatic heterocycles. The Morgan fingerprint density at radius 2 is 2.10 bits per heavy atom. The molecule has 0 saturated carbocycles. The minimum atomic E-state index is -0.499. The number of rotatable bonds is 7. The van der Waals surface area contributed by atoms with Crippen molar-refractivity contribution < 1.29 is 19.1 Å². The van der Waals surface area contributed by atoms with Crippen molar-refractivity contribution in [3.05, 3.63) is 35.6 Å². The van der Waals surface area contributed by atoms with Gasteiger partial charge in [-0.1, -0.05) is 6.07 Å². The van der Waals surface area contributed by atoms with Crippen LogP contribution >= 0.6 is 0 Å². The number of hydrogen-bond donors (Lipinski definition) is 2. The molecule has 5 nitrogen and oxygen atoms in total. The van der Waals surface area contributed by atoms with Crippen LogP contribution in [0.3, 0.4) is 0 Å². The topological polar surface area (TPSA) is 69.6 Å². The number of hydrogen-bond acceptors (Lipinski definition) is 3. The Morgan fingerprint density at radius 3 is 2.67 bits per heavy atom. The number of nitrogens with one attached hydrogen (secondary N) is 1. The van der Waals surface area contributed by atoms with Gasteiger partial charge in [-0.25, -0.2) is 4.39 Å². The van der Waals surface area contributed by atoms with E-state index in [1.165, 1.54) is 18.2 Å². The van der Waals surface area contributed by atoms with Crippen molar-refractivity contribution in [3.8, 4) is 0 Å². The molecule has 21 heavy (non-hydrogen) atoms. The minimum absolute atomic E-state index is 0.00610. The Balaban J connectivity index is 2.56. The van der Waals surface area contributed by atoms with Gasteiger partial charge in [-0.3, -0.25) is 9.59 Å². The smallest absolute Gasteiger partial charge is 0.251 e. The molecule has 0 fully saturated rings. The van der Waals surface area contributed by atoms with E-state index in [1.54, 1.807) is 4.90 Å². The van der Waals surface area contributed by atoms with Crippen LogP contribution in [0.25, 0.3) is 0 Å². The van der Waals surface area contributed by atoms with Crippen LogP contribution in [0.15, 0.2) is 24.3 Å². The van der Waals surface area contributed by atoms with E-state index in [9.17, 15) is 14.0 Å².